The van der Waals surface area contributed by atoms with Crippen LogP contribution in [0.3, 0.4) is 0 Å². The maximum Gasteiger partial charge on any atom is 0.273 e. The van der Waals surface area contributed by atoms with Gasteiger partial charge in [-0.1, -0.05) is 24.5 Å². The number of carbonyl (C=O) groups excluding carboxylic acids is 2. The number of piperidine rings is 1. The molecule has 2 saturated carbocycles. The highest BCUT2D eigenvalue weighted by Crippen LogP contribution is 2.31. The van der Waals surface area contributed by atoms with Gasteiger partial charge in [-0.15, -0.1) is 5.10 Å². The molecule has 1 saturated heterocycles. The third kappa shape index (κ3) is 5.28. The van der Waals surface area contributed by atoms with Gasteiger partial charge in [0, 0.05) is 37.3 Å². The predicted molar refractivity (Wildman–Crippen MR) is 129 cm³/mol. The molecule has 36 heavy (non-hydrogen) atoms. The molecule has 8 nitrogen and oxygen atoms in total. The first-order chi connectivity index (χ1) is 17.4. The van der Waals surface area contributed by atoms with E-state index in [2.05, 4.69) is 32.8 Å². The van der Waals surface area contributed by atoms with Crippen molar-refractivity contribution in [1.82, 2.24) is 30.5 Å². The van der Waals surface area contributed by atoms with Gasteiger partial charge in [0.2, 0.25) is 5.91 Å². The second-order valence-corrected chi connectivity index (χ2v) is 10.5. The van der Waals surface area contributed by atoms with E-state index in [1.807, 2.05) is 0 Å². The van der Waals surface area contributed by atoms with Crippen LogP contribution in [-0.2, 0) is 4.79 Å². The lowest BCUT2D eigenvalue weighted by Gasteiger charge is -2.42. The van der Waals surface area contributed by atoms with Crippen LogP contribution in [0.4, 0.5) is 8.78 Å². The van der Waals surface area contributed by atoms with Crippen molar-refractivity contribution in [3.63, 3.8) is 0 Å². The van der Waals surface area contributed by atoms with Crippen LogP contribution in [0.25, 0.3) is 5.69 Å². The predicted octanol–water partition coefficient (Wildman–Crippen LogP) is 3.21. The number of hydrogen-bond acceptors (Lipinski definition) is 5. The van der Waals surface area contributed by atoms with E-state index in [0.29, 0.717) is 24.9 Å². The molecule has 1 aliphatic heterocycles. The second kappa shape index (κ2) is 10.6. The molecule has 0 radical (unpaired) electrons. The number of aromatic nitrogens is 3. The fourth-order valence-corrected chi connectivity index (χ4v) is 5.80. The highest BCUT2D eigenvalue weighted by atomic mass is 19.1. The minimum atomic E-state index is -0.802. The molecule has 1 aromatic carbocycles. The van der Waals surface area contributed by atoms with Crippen LogP contribution in [0.5, 0.6) is 0 Å². The Kier molecular flexibility index (Phi) is 7.32. The quantitative estimate of drug-likeness (QED) is 0.609. The summed E-state index contributed by atoms with van der Waals surface area (Å²) in [5.74, 6) is -1.82. The van der Waals surface area contributed by atoms with Gasteiger partial charge in [0.05, 0.1) is 12.1 Å². The number of amides is 2. The van der Waals surface area contributed by atoms with E-state index in [1.54, 1.807) is 0 Å². The van der Waals surface area contributed by atoms with Crippen LogP contribution in [0.1, 0.15) is 68.8 Å². The molecule has 0 bridgehead atoms. The largest absolute Gasteiger partial charge is 0.353 e. The van der Waals surface area contributed by atoms with Crippen molar-refractivity contribution in [2.45, 2.75) is 76.4 Å². The molecular formula is C26H34F2N6O2. The summed E-state index contributed by atoms with van der Waals surface area (Å²) in [7, 11) is 0. The van der Waals surface area contributed by atoms with Gasteiger partial charge in [-0.3, -0.25) is 14.5 Å². The van der Waals surface area contributed by atoms with Gasteiger partial charge in [-0.05, 0) is 57.1 Å². The van der Waals surface area contributed by atoms with Crippen LogP contribution in [0.2, 0.25) is 0 Å². The molecule has 2 amide bonds. The monoisotopic (exact) mass is 500 g/mol. The summed E-state index contributed by atoms with van der Waals surface area (Å²) >= 11 is 0. The molecule has 3 fully saturated rings. The number of rotatable bonds is 7. The van der Waals surface area contributed by atoms with E-state index < -0.39 is 17.5 Å². The Morgan fingerprint density at radius 3 is 2.56 bits per heavy atom. The van der Waals surface area contributed by atoms with Crippen molar-refractivity contribution in [1.29, 1.82) is 0 Å². The van der Waals surface area contributed by atoms with Gasteiger partial charge in [-0.25, -0.2) is 13.5 Å². The summed E-state index contributed by atoms with van der Waals surface area (Å²) in [6, 6.07) is 3.40. The first-order valence-electron chi connectivity index (χ1n) is 13.1. The number of nitrogens with zero attached hydrogens (tertiary/aromatic N) is 4. The summed E-state index contributed by atoms with van der Waals surface area (Å²) in [6.45, 7) is 3.51. The van der Waals surface area contributed by atoms with Gasteiger partial charge in [-0.2, -0.15) is 0 Å². The van der Waals surface area contributed by atoms with E-state index >= 15 is 0 Å². The molecule has 1 aromatic heterocycles. The zero-order valence-corrected chi connectivity index (χ0v) is 20.6. The van der Waals surface area contributed by atoms with Crippen molar-refractivity contribution in [3.8, 4) is 5.69 Å². The molecule has 5 rings (SSSR count). The highest BCUT2D eigenvalue weighted by molar-refractivity contribution is 5.92. The smallest absolute Gasteiger partial charge is 0.273 e. The third-order valence-electron chi connectivity index (χ3n) is 8.25. The van der Waals surface area contributed by atoms with E-state index in [1.165, 1.54) is 31.5 Å². The van der Waals surface area contributed by atoms with Crippen LogP contribution >= 0.6 is 0 Å². The van der Waals surface area contributed by atoms with Crippen molar-refractivity contribution in [2.24, 2.45) is 11.8 Å². The molecule has 2 aromatic rings. The standard InChI is InChI=1S/C26H34F2N6O2/c1-16(17-5-4-6-17)29-25(35)20-14-33(19-7-2-3-8-19)12-11-22(20)30-26(36)23-15-34(32-31-23)24-10-9-18(27)13-21(24)28/h9-10,13,15-17,19-20,22H,2-8,11-12,14H2,1H3,(H,29,35)(H,30,36)/t16-,20-,22-/m1/s1. The fourth-order valence-electron chi connectivity index (χ4n) is 5.80. The molecule has 2 N–H and O–H groups in total. The van der Waals surface area contributed by atoms with Crippen LogP contribution in [0.15, 0.2) is 24.4 Å². The number of benzene rings is 1. The summed E-state index contributed by atoms with van der Waals surface area (Å²) in [6.07, 6.45) is 10.2. The van der Waals surface area contributed by atoms with E-state index in [9.17, 15) is 18.4 Å². The summed E-state index contributed by atoms with van der Waals surface area (Å²) in [4.78, 5) is 28.9. The maximum absolute atomic E-state index is 14.1. The molecule has 0 spiro atoms. The first-order valence-corrected chi connectivity index (χ1v) is 13.1. The Labute approximate surface area is 209 Å². The van der Waals surface area contributed by atoms with Gasteiger partial charge in [0.25, 0.3) is 5.91 Å². The fraction of sp³-hybridized carbons (Fsp3) is 0.615. The van der Waals surface area contributed by atoms with E-state index in [4.69, 9.17) is 0 Å². The minimum Gasteiger partial charge on any atom is -0.353 e. The molecular weight excluding hydrogens is 466 g/mol. The number of hydrogen-bond donors (Lipinski definition) is 2. The number of likely N-dealkylation sites (tertiary alicyclic amines) is 1. The zero-order chi connectivity index (χ0) is 25.2. The van der Waals surface area contributed by atoms with Crippen molar-refractivity contribution in [3.05, 3.63) is 41.7 Å². The lowest BCUT2D eigenvalue weighted by Crippen LogP contribution is -2.58. The summed E-state index contributed by atoms with van der Waals surface area (Å²) in [5.41, 5.74) is 0.00833. The lowest BCUT2D eigenvalue weighted by molar-refractivity contribution is -0.129. The zero-order valence-electron chi connectivity index (χ0n) is 20.6. The summed E-state index contributed by atoms with van der Waals surface area (Å²) < 4.78 is 28.5. The van der Waals surface area contributed by atoms with E-state index in [-0.39, 0.29) is 35.3 Å². The number of halogens is 2. The van der Waals surface area contributed by atoms with Gasteiger partial charge >= 0.3 is 0 Å². The average Bonchev–Trinajstić information content (AvgIpc) is 3.51. The topological polar surface area (TPSA) is 92.2 Å². The van der Waals surface area contributed by atoms with Gasteiger partial charge in [0.15, 0.2) is 11.5 Å². The Bertz CT molecular complexity index is 1100. The maximum atomic E-state index is 14.1. The Balaban J connectivity index is 1.28. The normalized spacial score (nSPS) is 24.3. The first kappa shape index (κ1) is 24.8. The molecule has 3 aliphatic rings. The van der Waals surface area contributed by atoms with Crippen LogP contribution in [0, 0.1) is 23.5 Å². The van der Waals surface area contributed by atoms with Crippen LogP contribution < -0.4 is 10.6 Å². The molecule has 194 valence electrons. The molecule has 3 atom stereocenters. The van der Waals surface area contributed by atoms with Gasteiger partial charge < -0.3 is 10.6 Å². The molecule has 2 aliphatic carbocycles. The molecule has 10 heteroatoms. The molecule has 2 heterocycles. The molecule has 0 unspecified atom stereocenters. The minimum absolute atomic E-state index is 0.00458. The van der Waals surface area contributed by atoms with Crippen molar-refractivity contribution < 1.29 is 18.4 Å². The van der Waals surface area contributed by atoms with Crippen molar-refractivity contribution >= 4 is 11.8 Å². The second-order valence-electron chi connectivity index (χ2n) is 10.5. The SMILES string of the molecule is C[C@@H](NC(=O)[C@@H]1CN(C2CCCC2)CC[C@H]1NC(=O)c1cn(-c2ccc(F)cc2F)nn1)C1CCC1. The Morgan fingerprint density at radius 1 is 1.08 bits per heavy atom. The van der Waals surface area contributed by atoms with E-state index in [0.717, 1.165) is 49.0 Å². The number of carbonyl (C=O) groups is 2. The van der Waals surface area contributed by atoms with Crippen LogP contribution in [-0.4, -0.2) is 62.9 Å². The number of nitrogens with one attached hydrogen (secondary N) is 2. The Hall–Kier alpha value is -2.88. The third-order valence-corrected chi connectivity index (χ3v) is 8.25. The van der Waals surface area contributed by atoms with Gasteiger partial charge in [0.1, 0.15) is 11.5 Å². The Morgan fingerprint density at radius 2 is 1.86 bits per heavy atom. The van der Waals surface area contributed by atoms with Crippen molar-refractivity contribution in [2.75, 3.05) is 13.1 Å². The average molecular weight is 501 g/mol. The summed E-state index contributed by atoms with van der Waals surface area (Å²) in [5, 5.41) is 14.0. The highest BCUT2D eigenvalue weighted by Gasteiger charge is 2.39. The lowest BCUT2D eigenvalue weighted by atomic mass is 9.80.